The number of likely N-dealkylation sites (tertiary alicyclic amines) is 1. The van der Waals surface area contributed by atoms with Gasteiger partial charge in [-0.1, -0.05) is 18.0 Å². The molecular formula is C23H38BrN3O2S. The van der Waals surface area contributed by atoms with E-state index in [1.54, 1.807) is 11.9 Å². The Morgan fingerprint density at radius 2 is 2.00 bits per heavy atom. The van der Waals surface area contributed by atoms with E-state index < -0.39 is 5.60 Å². The molecule has 170 valence electrons. The third-order valence-electron chi connectivity index (χ3n) is 5.04. The van der Waals surface area contributed by atoms with E-state index in [0.717, 1.165) is 36.1 Å². The fraction of sp³-hybridized carbons (Fsp3) is 0.739. The van der Waals surface area contributed by atoms with Crippen molar-refractivity contribution >= 4 is 34.0 Å². The number of hydrogen-bond donors (Lipinski definition) is 1. The number of carbonyl (C=O) groups is 1. The third kappa shape index (κ3) is 8.04. The van der Waals surface area contributed by atoms with Gasteiger partial charge in [0.15, 0.2) is 0 Å². The van der Waals surface area contributed by atoms with Crippen molar-refractivity contribution < 1.29 is 9.53 Å². The van der Waals surface area contributed by atoms with Gasteiger partial charge in [0.05, 0.1) is 11.7 Å². The Morgan fingerprint density at radius 3 is 2.57 bits per heavy atom. The normalized spacial score (nSPS) is 20.3. The molecule has 0 spiro atoms. The lowest BCUT2D eigenvalue weighted by Gasteiger charge is -2.33. The van der Waals surface area contributed by atoms with E-state index in [-0.39, 0.29) is 22.4 Å². The van der Waals surface area contributed by atoms with Crippen LogP contribution in [0.25, 0.3) is 0 Å². The molecule has 5 nitrogen and oxygen atoms in total. The second kappa shape index (κ2) is 9.78. The average Bonchev–Trinajstić information content (AvgIpc) is 2.87. The summed E-state index contributed by atoms with van der Waals surface area (Å²) in [6.07, 6.45) is 2.77. The summed E-state index contributed by atoms with van der Waals surface area (Å²) in [7, 11) is 0. The summed E-state index contributed by atoms with van der Waals surface area (Å²) in [4.78, 5) is 19.3. The molecule has 1 aromatic rings. The number of pyridine rings is 1. The highest BCUT2D eigenvalue weighted by molar-refractivity contribution is 9.10. The topological polar surface area (TPSA) is 54.5 Å². The van der Waals surface area contributed by atoms with E-state index >= 15 is 0 Å². The van der Waals surface area contributed by atoms with Crippen LogP contribution in [0.1, 0.15) is 86.4 Å². The molecule has 0 saturated carbocycles. The van der Waals surface area contributed by atoms with Crippen molar-refractivity contribution in [2.45, 2.75) is 96.6 Å². The maximum absolute atomic E-state index is 12.7. The van der Waals surface area contributed by atoms with Gasteiger partial charge in [0.2, 0.25) is 0 Å². The molecule has 0 bridgehead atoms. The maximum atomic E-state index is 12.7. The summed E-state index contributed by atoms with van der Waals surface area (Å²) in [5, 5.41) is 0. The number of hydrogen-bond acceptors (Lipinski definition) is 5. The van der Waals surface area contributed by atoms with Gasteiger partial charge in [-0.3, -0.25) is 4.72 Å². The Balaban J connectivity index is 2.05. The molecule has 2 heterocycles. The van der Waals surface area contributed by atoms with Gasteiger partial charge in [-0.2, -0.15) is 0 Å². The van der Waals surface area contributed by atoms with Gasteiger partial charge in [0, 0.05) is 16.8 Å². The first-order valence-corrected chi connectivity index (χ1v) is 12.3. The van der Waals surface area contributed by atoms with E-state index in [9.17, 15) is 4.79 Å². The first-order valence-electron chi connectivity index (χ1n) is 10.7. The Hall–Kier alpha value is -0.790. The van der Waals surface area contributed by atoms with Crippen molar-refractivity contribution in [1.29, 1.82) is 0 Å². The molecule has 1 amide bonds. The predicted octanol–water partition coefficient (Wildman–Crippen LogP) is 6.74. The molecule has 2 unspecified atom stereocenters. The van der Waals surface area contributed by atoms with Gasteiger partial charge >= 0.3 is 6.09 Å². The Bertz CT molecular complexity index is 728. The molecule has 0 aromatic carbocycles. The van der Waals surface area contributed by atoms with Crippen LogP contribution in [0.4, 0.5) is 4.79 Å². The number of aromatic nitrogens is 1. The zero-order chi connectivity index (χ0) is 22.7. The fourth-order valence-corrected chi connectivity index (χ4v) is 4.85. The summed E-state index contributed by atoms with van der Waals surface area (Å²) in [6, 6.07) is 6.23. The number of carbonyl (C=O) groups excluding carboxylic acids is 1. The van der Waals surface area contributed by atoms with Crippen molar-refractivity contribution in [2.75, 3.05) is 6.54 Å². The number of nitrogens with one attached hydrogen (secondary N) is 1. The lowest BCUT2D eigenvalue weighted by atomic mass is 9.91. The molecular weight excluding hydrogens is 462 g/mol. The van der Waals surface area contributed by atoms with Crippen LogP contribution in [-0.4, -0.2) is 38.4 Å². The predicted molar refractivity (Wildman–Crippen MR) is 130 cm³/mol. The SMILES string of the molecule is CC(C)(C)OC(=O)N1CC(CCC(NSC(C)(C)C)c2cccc(Br)n2)CC1(C)C. The average molecular weight is 501 g/mol. The van der Waals surface area contributed by atoms with Crippen LogP contribution in [0.3, 0.4) is 0 Å². The molecule has 1 fully saturated rings. The largest absolute Gasteiger partial charge is 0.444 e. The Kier molecular flexibility index (Phi) is 8.30. The number of halogens is 1. The molecule has 0 radical (unpaired) electrons. The maximum Gasteiger partial charge on any atom is 0.410 e. The van der Waals surface area contributed by atoms with Gasteiger partial charge < -0.3 is 9.64 Å². The summed E-state index contributed by atoms with van der Waals surface area (Å²) in [5.41, 5.74) is 0.378. The van der Waals surface area contributed by atoms with Crippen LogP contribution in [0.2, 0.25) is 0 Å². The van der Waals surface area contributed by atoms with E-state index in [0.29, 0.717) is 5.92 Å². The lowest BCUT2D eigenvalue weighted by molar-refractivity contribution is 0.0131. The number of ether oxygens (including phenoxy) is 1. The van der Waals surface area contributed by atoms with Gasteiger partial charge in [-0.15, -0.1) is 0 Å². The lowest BCUT2D eigenvalue weighted by Crippen LogP contribution is -2.45. The highest BCUT2D eigenvalue weighted by Gasteiger charge is 2.42. The highest BCUT2D eigenvalue weighted by Crippen LogP contribution is 2.38. The first kappa shape index (κ1) is 25.5. The number of nitrogens with zero attached hydrogens (tertiary/aromatic N) is 2. The standard InChI is InChI=1S/C23H38BrN3O2S/c1-21(2,3)29-20(28)27-15-16(14-23(27,7)8)12-13-18(26-30-22(4,5)6)17-10-9-11-19(24)25-17/h9-11,16,18,26H,12-15H2,1-8H3. The van der Waals surface area contributed by atoms with Crippen LogP contribution >= 0.6 is 27.9 Å². The van der Waals surface area contributed by atoms with Crippen molar-refractivity contribution in [2.24, 2.45) is 5.92 Å². The number of amides is 1. The van der Waals surface area contributed by atoms with Gasteiger partial charge in [0.1, 0.15) is 10.2 Å². The molecule has 1 aromatic heterocycles. The zero-order valence-electron chi connectivity index (χ0n) is 19.7. The minimum Gasteiger partial charge on any atom is -0.444 e. The molecule has 7 heteroatoms. The highest BCUT2D eigenvalue weighted by atomic mass is 79.9. The molecule has 1 aliphatic rings. The van der Waals surface area contributed by atoms with Crippen LogP contribution in [-0.2, 0) is 4.74 Å². The van der Waals surface area contributed by atoms with Crippen molar-refractivity contribution in [1.82, 2.24) is 14.6 Å². The third-order valence-corrected chi connectivity index (χ3v) is 6.49. The Morgan fingerprint density at radius 1 is 1.33 bits per heavy atom. The molecule has 1 N–H and O–H groups in total. The minimum absolute atomic E-state index is 0.118. The quantitative estimate of drug-likeness (QED) is 0.346. The molecule has 1 saturated heterocycles. The summed E-state index contributed by atoms with van der Waals surface area (Å²) in [5.74, 6) is 0.448. The molecule has 2 rings (SSSR count). The summed E-state index contributed by atoms with van der Waals surface area (Å²) in [6.45, 7) is 17.4. The van der Waals surface area contributed by atoms with E-state index in [1.165, 1.54) is 0 Å². The monoisotopic (exact) mass is 499 g/mol. The van der Waals surface area contributed by atoms with Crippen molar-refractivity contribution in [3.8, 4) is 0 Å². The zero-order valence-corrected chi connectivity index (χ0v) is 22.1. The van der Waals surface area contributed by atoms with Crippen LogP contribution in [0, 0.1) is 5.92 Å². The van der Waals surface area contributed by atoms with E-state index in [1.807, 2.05) is 37.8 Å². The van der Waals surface area contributed by atoms with Crippen LogP contribution < -0.4 is 4.72 Å². The van der Waals surface area contributed by atoms with E-state index in [4.69, 9.17) is 4.74 Å². The molecule has 1 aliphatic heterocycles. The van der Waals surface area contributed by atoms with Gasteiger partial charge in [-0.25, -0.2) is 9.78 Å². The van der Waals surface area contributed by atoms with Gasteiger partial charge in [0.25, 0.3) is 0 Å². The smallest absolute Gasteiger partial charge is 0.410 e. The summed E-state index contributed by atoms with van der Waals surface area (Å²) < 4.78 is 10.3. The van der Waals surface area contributed by atoms with Crippen molar-refractivity contribution in [3.05, 3.63) is 28.5 Å². The Labute approximate surface area is 195 Å². The molecule has 0 aliphatic carbocycles. The second-order valence-electron chi connectivity index (χ2n) is 10.8. The summed E-state index contributed by atoms with van der Waals surface area (Å²) >= 11 is 5.24. The number of rotatable bonds is 6. The molecule has 30 heavy (non-hydrogen) atoms. The first-order chi connectivity index (χ1) is 13.7. The minimum atomic E-state index is -0.475. The van der Waals surface area contributed by atoms with Crippen LogP contribution in [0.5, 0.6) is 0 Å². The van der Waals surface area contributed by atoms with E-state index in [2.05, 4.69) is 66.3 Å². The second-order valence-corrected chi connectivity index (χ2v) is 13.3. The van der Waals surface area contributed by atoms with Crippen LogP contribution in [0.15, 0.2) is 22.8 Å². The van der Waals surface area contributed by atoms with Gasteiger partial charge in [-0.05, 0) is 109 Å². The fourth-order valence-electron chi connectivity index (χ4n) is 3.75. The molecule has 2 atom stereocenters. The van der Waals surface area contributed by atoms with Crippen molar-refractivity contribution in [3.63, 3.8) is 0 Å².